The topological polar surface area (TPSA) is 49.2 Å². The molecule has 0 amide bonds. The number of benzene rings is 2. The van der Waals surface area contributed by atoms with Crippen molar-refractivity contribution in [1.82, 2.24) is 9.97 Å². The molecular weight excluding hydrogens is 317 g/mol. The molecule has 0 saturated carbocycles. The van der Waals surface area contributed by atoms with E-state index in [2.05, 4.69) is 16.8 Å². The first-order chi connectivity index (χ1) is 12.2. The van der Waals surface area contributed by atoms with E-state index >= 15 is 0 Å². The van der Waals surface area contributed by atoms with E-state index in [4.69, 9.17) is 4.98 Å². The standard InChI is InChI=1S/C20H20FN3O/c1-2-14-6-5-11-24(14)20-16-12-13(21)9-10-17(16)22-19(23-20)15-7-3-4-8-18(15)25/h3-4,7-10,12,14,25H,2,5-6,11H2,1H3. The lowest BCUT2D eigenvalue weighted by Crippen LogP contribution is -2.29. The Bertz CT molecular complexity index is 928. The first-order valence-electron chi connectivity index (χ1n) is 8.69. The second kappa shape index (κ2) is 6.31. The zero-order valence-electron chi connectivity index (χ0n) is 14.1. The van der Waals surface area contributed by atoms with Gasteiger partial charge in [0.1, 0.15) is 17.4 Å². The Hall–Kier alpha value is -2.69. The molecule has 1 aliphatic heterocycles. The highest BCUT2D eigenvalue weighted by molar-refractivity contribution is 5.91. The van der Waals surface area contributed by atoms with E-state index in [-0.39, 0.29) is 11.6 Å². The van der Waals surface area contributed by atoms with Crippen LogP contribution in [0, 0.1) is 5.82 Å². The molecule has 1 atom stereocenters. The van der Waals surface area contributed by atoms with Crippen LogP contribution in [0.2, 0.25) is 0 Å². The fraction of sp³-hybridized carbons (Fsp3) is 0.300. The van der Waals surface area contributed by atoms with Crippen LogP contribution in [0.25, 0.3) is 22.3 Å². The van der Waals surface area contributed by atoms with E-state index in [1.54, 1.807) is 24.3 Å². The third-order valence-electron chi connectivity index (χ3n) is 4.90. The smallest absolute Gasteiger partial charge is 0.165 e. The van der Waals surface area contributed by atoms with E-state index in [1.807, 2.05) is 6.07 Å². The molecule has 1 unspecified atom stereocenters. The minimum absolute atomic E-state index is 0.142. The molecule has 4 nitrogen and oxygen atoms in total. The summed E-state index contributed by atoms with van der Waals surface area (Å²) in [7, 11) is 0. The molecule has 2 heterocycles. The highest BCUT2D eigenvalue weighted by atomic mass is 19.1. The number of para-hydroxylation sites is 1. The summed E-state index contributed by atoms with van der Waals surface area (Å²) in [6.45, 7) is 3.07. The lowest BCUT2D eigenvalue weighted by molar-refractivity contribution is 0.477. The summed E-state index contributed by atoms with van der Waals surface area (Å²) in [5.74, 6) is 1.07. The summed E-state index contributed by atoms with van der Waals surface area (Å²) in [6.07, 6.45) is 3.24. The normalized spacial score (nSPS) is 17.4. The number of aromatic hydroxyl groups is 1. The maximum Gasteiger partial charge on any atom is 0.165 e. The molecule has 25 heavy (non-hydrogen) atoms. The minimum Gasteiger partial charge on any atom is -0.507 e. The van der Waals surface area contributed by atoms with Gasteiger partial charge in [0.2, 0.25) is 0 Å². The molecule has 1 N–H and O–H groups in total. The fourth-order valence-corrected chi connectivity index (χ4v) is 3.63. The second-order valence-corrected chi connectivity index (χ2v) is 6.45. The number of anilines is 1. The van der Waals surface area contributed by atoms with Crippen molar-refractivity contribution in [2.24, 2.45) is 0 Å². The van der Waals surface area contributed by atoms with E-state index in [0.717, 1.165) is 37.0 Å². The number of aromatic nitrogens is 2. The largest absolute Gasteiger partial charge is 0.507 e. The average Bonchev–Trinajstić information content (AvgIpc) is 3.10. The lowest BCUT2D eigenvalue weighted by Gasteiger charge is -2.26. The first-order valence-corrected chi connectivity index (χ1v) is 8.69. The highest BCUT2D eigenvalue weighted by Crippen LogP contribution is 2.35. The molecule has 0 spiro atoms. The SMILES string of the molecule is CCC1CCCN1c1nc(-c2ccccc2O)nc2ccc(F)cc12. The van der Waals surface area contributed by atoms with Crippen molar-refractivity contribution in [3.8, 4) is 17.1 Å². The maximum atomic E-state index is 13.9. The molecule has 1 aromatic heterocycles. The quantitative estimate of drug-likeness (QED) is 0.763. The van der Waals surface area contributed by atoms with Gasteiger partial charge in [-0.25, -0.2) is 14.4 Å². The third kappa shape index (κ3) is 2.80. The van der Waals surface area contributed by atoms with Crippen LogP contribution >= 0.6 is 0 Å². The molecule has 0 radical (unpaired) electrons. The van der Waals surface area contributed by atoms with Crippen LogP contribution in [-0.4, -0.2) is 27.7 Å². The number of fused-ring (bicyclic) bond motifs is 1. The molecule has 0 aliphatic carbocycles. The lowest BCUT2D eigenvalue weighted by atomic mass is 10.1. The van der Waals surface area contributed by atoms with Crippen molar-refractivity contribution < 1.29 is 9.50 Å². The number of nitrogens with zero attached hydrogens (tertiary/aromatic N) is 3. The van der Waals surface area contributed by atoms with Crippen molar-refractivity contribution in [2.45, 2.75) is 32.2 Å². The maximum absolute atomic E-state index is 13.9. The first kappa shape index (κ1) is 15.8. The number of halogens is 1. The van der Waals surface area contributed by atoms with E-state index in [0.29, 0.717) is 22.9 Å². The van der Waals surface area contributed by atoms with Gasteiger partial charge in [-0.3, -0.25) is 0 Å². The Kier molecular flexibility index (Phi) is 3.99. The van der Waals surface area contributed by atoms with Gasteiger partial charge in [-0.05, 0) is 49.6 Å². The van der Waals surface area contributed by atoms with Gasteiger partial charge >= 0.3 is 0 Å². The predicted molar refractivity (Wildman–Crippen MR) is 97.3 cm³/mol. The van der Waals surface area contributed by atoms with Crippen LogP contribution in [-0.2, 0) is 0 Å². The Morgan fingerprint density at radius 3 is 2.84 bits per heavy atom. The van der Waals surface area contributed by atoms with Gasteiger partial charge in [0.15, 0.2) is 5.82 Å². The molecule has 4 rings (SSSR count). The van der Waals surface area contributed by atoms with Crippen LogP contribution in [0.3, 0.4) is 0 Å². The monoisotopic (exact) mass is 337 g/mol. The van der Waals surface area contributed by atoms with E-state index in [1.165, 1.54) is 12.1 Å². The van der Waals surface area contributed by atoms with Crippen LogP contribution in [0.1, 0.15) is 26.2 Å². The summed E-state index contributed by atoms with van der Waals surface area (Å²) < 4.78 is 13.9. The fourth-order valence-electron chi connectivity index (χ4n) is 3.63. The summed E-state index contributed by atoms with van der Waals surface area (Å²) in [4.78, 5) is 11.6. The zero-order chi connectivity index (χ0) is 17.4. The Labute approximate surface area is 146 Å². The second-order valence-electron chi connectivity index (χ2n) is 6.45. The van der Waals surface area contributed by atoms with Crippen molar-refractivity contribution in [3.05, 3.63) is 48.3 Å². The summed E-state index contributed by atoms with van der Waals surface area (Å²) in [5.41, 5.74) is 1.27. The van der Waals surface area contributed by atoms with E-state index < -0.39 is 0 Å². The zero-order valence-corrected chi connectivity index (χ0v) is 14.1. The molecule has 1 saturated heterocycles. The Balaban J connectivity index is 1.95. The Morgan fingerprint density at radius 1 is 1.20 bits per heavy atom. The third-order valence-corrected chi connectivity index (χ3v) is 4.90. The minimum atomic E-state index is -0.292. The number of hydrogen-bond acceptors (Lipinski definition) is 4. The summed E-state index contributed by atoms with van der Waals surface area (Å²) in [6, 6.07) is 12.0. The molecule has 0 bridgehead atoms. The van der Waals surface area contributed by atoms with Crippen LogP contribution in [0.15, 0.2) is 42.5 Å². The van der Waals surface area contributed by atoms with Gasteiger partial charge in [0.25, 0.3) is 0 Å². The van der Waals surface area contributed by atoms with Crippen molar-refractivity contribution in [1.29, 1.82) is 0 Å². The van der Waals surface area contributed by atoms with Gasteiger partial charge < -0.3 is 10.0 Å². The summed E-state index contributed by atoms with van der Waals surface area (Å²) >= 11 is 0. The molecule has 1 fully saturated rings. The molecule has 2 aromatic carbocycles. The number of phenolic OH excluding ortho intramolecular Hbond substituents is 1. The molecular formula is C20H20FN3O. The number of rotatable bonds is 3. The van der Waals surface area contributed by atoms with Crippen LogP contribution < -0.4 is 4.90 Å². The predicted octanol–water partition coefficient (Wildman–Crippen LogP) is 4.52. The van der Waals surface area contributed by atoms with Crippen molar-refractivity contribution in [3.63, 3.8) is 0 Å². The van der Waals surface area contributed by atoms with Crippen LogP contribution in [0.4, 0.5) is 10.2 Å². The van der Waals surface area contributed by atoms with Gasteiger partial charge in [0.05, 0.1) is 11.1 Å². The van der Waals surface area contributed by atoms with E-state index in [9.17, 15) is 9.50 Å². The molecule has 3 aromatic rings. The number of hydrogen-bond donors (Lipinski definition) is 1. The number of phenols is 1. The molecule has 128 valence electrons. The van der Waals surface area contributed by atoms with Gasteiger partial charge in [-0.2, -0.15) is 0 Å². The highest BCUT2D eigenvalue weighted by Gasteiger charge is 2.27. The average molecular weight is 337 g/mol. The van der Waals surface area contributed by atoms with Gasteiger partial charge in [-0.15, -0.1) is 0 Å². The summed E-state index contributed by atoms with van der Waals surface area (Å²) in [5, 5.41) is 10.9. The van der Waals surface area contributed by atoms with Crippen molar-refractivity contribution >= 4 is 16.7 Å². The molecule has 5 heteroatoms. The van der Waals surface area contributed by atoms with Crippen molar-refractivity contribution in [2.75, 3.05) is 11.4 Å². The van der Waals surface area contributed by atoms with Crippen LogP contribution in [0.5, 0.6) is 5.75 Å². The van der Waals surface area contributed by atoms with Gasteiger partial charge in [0, 0.05) is 18.0 Å². The Morgan fingerprint density at radius 2 is 2.04 bits per heavy atom. The molecule has 1 aliphatic rings. The van der Waals surface area contributed by atoms with Gasteiger partial charge in [-0.1, -0.05) is 19.1 Å².